The van der Waals surface area contributed by atoms with Crippen molar-refractivity contribution in [2.24, 2.45) is 0 Å². The maximum Gasteiger partial charge on any atom is 4.00 e. The van der Waals surface area contributed by atoms with Gasteiger partial charge in [-0.3, -0.25) is 0 Å². The molecule has 0 atom stereocenters. The van der Waals surface area contributed by atoms with Gasteiger partial charge in [-0.05, 0) is 6.42 Å². The molecule has 0 rings (SSSR count). The monoisotopic (exact) mass is 140 g/mol. The molecule has 0 spiro atoms. The van der Waals surface area contributed by atoms with Crippen LogP contribution in [0.2, 0.25) is 0 Å². The third-order valence-corrected chi connectivity index (χ3v) is 0.224. The van der Waals surface area contributed by atoms with Crippen LogP contribution < -0.4 is 0 Å². The van der Waals surface area contributed by atoms with Crippen molar-refractivity contribution in [3.05, 3.63) is 0 Å². The molecule has 0 aliphatic rings. The Labute approximate surface area is 58.2 Å². The van der Waals surface area contributed by atoms with E-state index in [-0.39, 0.29) is 32.7 Å². The fraction of sp³-hybridized carbons (Fsp3) is 1.00. The molecule has 0 heterocycles. The summed E-state index contributed by atoms with van der Waals surface area (Å²) in [5, 5.41) is 7.88. The second-order valence-electron chi connectivity index (χ2n) is 0.724. The van der Waals surface area contributed by atoms with Gasteiger partial charge in [0.05, 0.1) is 0 Å². The number of hydrogen-bond acceptors (Lipinski definition) is 1. The van der Waals surface area contributed by atoms with Crippen LogP contribution in [0.3, 0.4) is 0 Å². The molecule has 4 heteroatoms. The van der Waals surface area contributed by atoms with Crippen LogP contribution in [-0.2, 0) is 32.7 Å². The first kappa shape index (κ1) is 25.6. The molecule has 0 bridgehead atoms. The Morgan fingerprint density at radius 1 is 1.29 bits per heavy atom. The normalized spacial score (nSPS) is 4.29. The van der Waals surface area contributed by atoms with Crippen LogP contribution in [0.5, 0.6) is 0 Å². The summed E-state index contributed by atoms with van der Waals surface area (Å²) in [5.41, 5.74) is 0. The Hall–Kier alpha value is 0.594. The molecule has 0 aromatic heterocycles. The summed E-state index contributed by atoms with van der Waals surface area (Å²) in [5.74, 6) is 0. The van der Waals surface area contributed by atoms with E-state index in [0.717, 1.165) is 6.42 Å². The van der Waals surface area contributed by atoms with E-state index < -0.39 is 0 Å². The van der Waals surface area contributed by atoms with Gasteiger partial charge in [0.25, 0.3) is 0 Å². The van der Waals surface area contributed by atoms with Crippen LogP contribution in [0, 0.1) is 0 Å². The van der Waals surface area contributed by atoms with E-state index in [1.165, 1.54) is 0 Å². The van der Waals surface area contributed by atoms with Crippen molar-refractivity contribution in [2.75, 3.05) is 6.61 Å². The molecule has 1 N–H and O–H groups in total. The summed E-state index contributed by atoms with van der Waals surface area (Å²) in [6, 6.07) is 0. The van der Waals surface area contributed by atoms with E-state index in [1.807, 2.05) is 6.92 Å². The van der Waals surface area contributed by atoms with E-state index in [9.17, 15) is 0 Å². The molecular formula is C3H8O3Ti. The minimum atomic E-state index is 0. The largest absolute Gasteiger partial charge is 4.00 e. The summed E-state index contributed by atoms with van der Waals surface area (Å²) in [7, 11) is 0. The molecule has 0 saturated heterocycles. The average Bonchev–Trinajstić information content (AvgIpc) is 1.37. The first-order valence-electron chi connectivity index (χ1n) is 1.52. The van der Waals surface area contributed by atoms with Crippen molar-refractivity contribution in [1.29, 1.82) is 0 Å². The maximum atomic E-state index is 7.88. The minimum absolute atomic E-state index is 0. The molecule has 0 aromatic carbocycles. The predicted molar refractivity (Wildman–Crippen MR) is 18.7 cm³/mol. The van der Waals surface area contributed by atoms with Gasteiger partial charge in [-0.25, -0.2) is 0 Å². The third kappa shape index (κ3) is 54.8. The van der Waals surface area contributed by atoms with Crippen LogP contribution in [-0.4, -0.2) is 11.7 Å². The van der Waals surface area contributed by atoms with E-state index in [0.29, 0.717) is 6.61 Å². The summed E-state index contributed by atoms with van der Waals surface area (Å²) < 4.78 is 0. The zero-order valence-electron chi connectivity index (χ0n) is 4.18. The van der Waals surface area contributed by atoms with Crippen molar-refractivity contribution in [3.63, 3.8) is 0 Å². The van der Waals surface area contributed by atoms with Crippen LogP contribution in [0.4, 0.5) is 0 Å². The van der Waals surface area contributed by atoms with Gasteiger partial charge in [0, 0.05) is 6.61 Å². The molecule has 7 heavy (non-hydrogen) atoms. The van der Waals surface area contributed by atoms with Gasteiger partial charge in [-0.2, -0.15) is 0 Å². The van der Waals surface area contributed by atoms with E-state index in [4.69, 9.17) is 5.11 Å². The topological polar surface area (TPSA) is 77.2 Å². The van der Waals surface area contributed by atoms with E-state index in [1.54, 1.807) is 0 Å². The Balaban J connectivity index is -0.0000000150. The zero-order valence-corrected chi connectivity index (χ0v) is 5.74. The smallest absolute Gasteiger partial charge is 2.00 e. The number of rotatable bonds is 1. The summed E-state index contributed by atoms with van der Waals surface area (Å²) in [6.07, 6.45) is 0.875. The van der Waals surface area contributed by atoms with Gasteiger partial charge < -0.3 is 16.1 Å². The van der Waals surface area contributed by atoms with Crippen LogP contribution in [0.1, 0.15) is 13.3 Å². The quantitative estimate of drug-likeness (QED) is 0.517. The fourth-order valence-electron chi connectivity index (χ4n) is 0. The molecule has 0 saturated carbocycles. The molecular weight excluding hydrogens is 132 g/mol. The zero-order chi connectivity index (χ0) is 3.41. The molecule has 3 nitrogen and oxygen atoms in total. The van der Waals surface area contributed by atoms with Crippen molar-refractivity contribution in [2.45, 2.75) is 13.3 Å². The molecule has 0 aliphatic heterocycles. The Morgan fingerprint density at radius 3 is 1.43 bits per heavy atom. The number of hydrogen-bond donors (Lipinski definition) is 1. The summed E-state index contributed by atoms with van der Waals surface area (Å²) in [6.45, 7) is 2.25. The molecule has 0 aromatic rings. The molecule has 0 fully saturated rings. The molecule has 0 aliphatic carbocycles. The fourth-order valence-corrected chi connectivity index (χ4v) is 0. The Kier molecular flexibility index (Phi) is 112. The first-order chi connectivity index (χ1) is 1.91. The Bertz CT molecular complexity index is 12.1. The maximum absolute atomic E-state index is 7.88. The van der Waals surface area contributed by atoms with E-state index >= 15 is 0 Å². The Morgan fingerprint density at radius 2 is 1.43 bits per heavy atom. The van der Waals surface area contributed by atoms with Gasteiger partial charge in [0.15, 0.2) is 0 Å². The van der Waals surface area contributed by atoms with Crippen LogP contribution in [0.25, 0.3) is 0 Å². The number of aliphatic hydroxyl groups is 1. The second-order valence-corrected chi connectivity index (χ2v) is 0.724. The SMILES string of the molecule is CCCO.[O-2].[O-2].[Ti+4]. The average molecular weight is 140 g/mol. The van der Waals surface area contributed by atoms with Gasteiger partial charge >= 0.3 is 21.7 Å². The van der Waals surface area contributed by atoms with E-state index in [2.05, 4.69) is 0 Å². The molecule has 0 radical (unpaired) electrons. The standard InChI is InChI=1S/C3H8O.2O.Ti/c1-2-3-4;;;/h4H,2-3H2,1H3;;;/q;2*-2;+4. The van der Waals surface area contributed by atoms with Crippen molar-refractivity contribution < 1.29 is 37.8 Å². The summed E-state index contributed by atoms with van der Waals surface area (Å²) >= 11 is 0. The van der Waals surface area contributed by atoms with Crippen LogP contribution >= 0.6 is 0 Å². The predicted octanol–water partition coefficient (Wildman–Crippen LogP) is 0.149. The minimum Gasteiger partial charge on any atom is -2.00 e. The third-order valence-electron chi connectivity index (χ3n) is 0.224. The van der Waals surface area contributed by atoms with Gasteiger partial charge in [-0.1, -0.05) is 6.92 Å². The van der Waals surface area contributed by atoms with Gasteiger partial charge in [-0.15, -0.1) is 0 Å². The van der Waals surface area contributed by atoms with Gasteiger partial charge in [0.2, 0.25) is 0 Å². The first-order valence-corrected chi connectivity index (χ1v) is 1.52. The van der Waals surface area contributed by atoms with Crippen molar-refractivity contribution in [1.82, 2.24) is 0 Å². The van der Waals surface area contributed by atoms with Gasteiger partial charge in [0.1, 0.15) is 0 Å². The second kappa shape index (κ2) is 30.7. The van der Waals surface area contributed by atoms with Crippen molar-refractivity contribution >= 4 is 0 Å². The molecule has 42 valence electrons. The van der Waals surface area contributed by atoms with Crippen LogP contribution in [0.15, 0.2) is 0 Å². The number of aliphatic hydroxyl groups excluding tert-OH is 1. The summed E-state index contributed by atoms with van der Waals surface area (Å²) in [4.78, 5) is 0. The molecule has 0 unspecified atom stereocenters. The molecule has 0 amide bonds. The van der Waals surface area contributed by atoms with Crippen molar-refractivity contribution in [3.8, 4) is 0 Å².